The molecule has 0 bridgehead atoms. The van der Waals surface area contributed by atoms with Gasteiger partial charge in [-0.1, -0.05) is 25.1 Å². The van der Waals surface area contributed by atoms with Gasteiger partial charge in [-0.3, -0.25) is 4.79 Å². The van der Waals surface area contributed by atoms with E-state index in [1.807, 2.05) is 6.92 Å². The summed E-state index contributed by atoms with van der Waals surface area (Å²) < 4.78 is 53.4. The van der Waals surface area contributed by atoms with Crippen LogP contribution in [0.4, 0.5) is 5.69 Å². The van der Waals surface area contributed by atoms with Crippen molar-refractivity contribution in [1.82, 2.24) is 5.32 Å². The summed E-state index contributed by atoms with van der Waals surface area (Å²) in [4.78, 5) is 12.1. The number of benzene rings is 1. The highest BCUT2D eigenvalue weighted by atomic mass is 35.5. The van der Waals surface area contributed by atoms with Gasteiger partial charge in [0.05, 0.1) is 11.5 Å². The number of para-hydroxylation sites is 1. The molecule has 0 saturated carbocycles. The predicted octanol–water partition coefficient (Wildman–Crippen LogP) is 2.74. The van der Waals surface area contributed by atoms with Crippen LogP contribution in [0.25, 0.3) is 0 Å². The molecule has 2 N–H and O–H groups in total. The van der Waals surface area contributed by atoms with Gasteiger partial charge in [0, 0.05) is 9.80 Å². The molecule has 0 aliphatic rings. The van der Waals surface area contributed by atoms with Crippen LogP contribution in [0.3, 0.4) is 0 Å². The number of halogens is 1. The van der Waals surface area contributed by atoms with Gasteiger partial charge in [-0.2, -0.15) is 0 Å². The Balaban J connectivity index is 0.00000529. The number of anilines is 1. The highest BCUT2D eigenvalue weighted by molar-refractivity contribution is 5.95. The molecular formula is C13H21ClN2O. The van der Waals surface area contributed by atoms with E-state index in [2.05, 4.69) is 10.6 Å². The summed E-state index contributed by atoms with van der Waals surface area (Å²) in [5, 5.41) is 5.26. The second kappa shape index (κ2) is 8.09. The summed E-state index contributed by atoms with van der Waals surface area (Å²) in [5.74, 6) is -0.561. The van der Waals surface area contributed by atoms with Gasteiger partial charge in [0.1, 0.15) is 0 Å². The molecule has 17 heavy (non-hydrogen) atoms. The summed E-state index contributed by atoms with van der Waals surface area (Å²) in [6, 6.07) is -3.11. The maximum atomic E-state index is 12.1. The van der Waals surface area contributed by atoms with Crippen LogP contribution in [-0.4, -0.2) is 18.5 Å². The molecule has 4 heteroatoms. The highest BCUT2D eigenvalue weighted by Gasteiger charge is 2.11. The molecule has 0 radical (unpaired) electrons. The lowest BCUT2D eigenvalue weighted by Crippen LogP contribution is -2.38. The fraction of sp³-hybridized carbons (Fsp3) is 0.462. The summed E-state index contributed by atoms with van der Waals surface area (Å²) in [7, 11) is 0. The molecule has 3 nitrogen and oxygen atoms in total. The Morgan fingerprint density at radius 3 is 2.88 bits per heavy atom. The topological polar surface area (TPSA) is 41.1 Å². The number of carbonyl (C=O) groups excluding carboxylic acids is 1. The van der Waals surface area contributed by atoms with E-state index in [4.69, 9.17) is 9.60 Å². The fourth-order valence-corrected chi connectivity index (χ4v) is 1.09. The van der Waals surface area contributed by atoms with Crippen molar-refractivity contribution in [2.24, 2.45) is 0 Å². The van der Waals surface area contributed by atoms with Gasteiger partial charge in [-0.15, -0.1) is 12.4 Å². The van der Waals surface area contributed by atoms with Crippen LogP contribution >= 0.6 is 12.4 Å². The number of hydrogen-bond donors (Lipinski definition) is 2. The molecule has 96 valence electrons. The lowest BCUT2D eigenvalue weighted by atomic mass is 10.2. The summed E-state index contributed by atoms with van der Waals surface area (Å²) in [6.07, 6.45) is 0.809. The lowest BCUT2D eigenvalue weighted by Gasteiger charge is -2.14. The van der Waals surface area contributed by atoms with Crippen LogP contribution in [0.1, 0.15) is 35.4 Å². The van der Waals surface area contributed by atoms with Crippen LogP contribution < -0.4 is 10.6 Å². The first kappa shape index (κ1) is 7.39. The van der Waals surface area contributed by atoms with Crippen molar-refractivity contribution < 1.29 is 14.4 Å². The van der Waals surface area contributed by atoms with Crippen LogP contribution in [0, 0.1) is 6.85 Å². The van der Waals surface area contributed by atoms with Gasteiger partial charge < -0.3 is 10.6 Å². The first-order valence-corrected chi connectivity index (χ1v) is 5.17. The second-order valence-corrected chi connectivity index (χ2v) is 3.42. The number of hydrogen-bond acceptors (Lipinski definition) is 2. The monoisotopic (exact) mass is 263 g/mol. The smallest absolute Gasteiger partial charge is 0.241 e. The van der Waals surface area contributed by atoms with E-state index in [0.717, 1.165) is 6.42 Å². The zero-order chi connectivity index (χ0) is 17.9. The van der Waals surface area contributed by atoms with Crippen LogP contribution in [0.15, 0.2) is 24.2 Å². The van der Waals surface area contributed by atoms with Crippen molar-refractivity contribution in [3.05, 3.63) is 29.7 Å². The first-order chi connectivity index (χ1) is 10.5. The minimum absolute atomic E-state index is 0. The molecule has 0 aromatic heterocycles. The maximum Gasteiger partial charge on any atom is 0.241 e. The fourth-order valence-electron chi connectivity index (χ4n) is 1.09. The largest absolute Gasteiger partial charge is 0.324 e. The molecule has 1 amide bonds. The van der Waals surface area contributed by atoms with Gasteiger partial charge >= 0.3 is 0 Å². The Kier molecular flexibility index (Phi) is 3.52. The third kappa shape index (κ3) is 5.20. The van der Waals surface area contributed by atoms with Crippen LogP contribution in [0.5, 0.6) is 0 Å². The lowest BCUT2D eigenvalue weighted by molar-refractivity contribution is -0.117. The van der Waals surface area contributed by atoms with Gasteiger partial charge in [-0.05, 0) is 38.3 Å². The van der Waals surface area contributed by atoms with Gasteiger partial charge in [0.25, 0.3) is 0 Å². The van der Waals surface area contributed by atoms with Gasteiger partial charge in [-0.25, -0.2) is 0 Å². The SMILES string of the molecule is Cl.[2H]c1c([2H])c([2H])c(C([2H])([2H])[2H])c(NC(=O)C(C)NCCC)c1[2H]. The average molecular weight is 264 g/mol. The van der Waals surface area contributed by atoms with E-state index in [1.54, 1.807) is 6.92 Å². The molecule has 0 spiro atoms. The molecule has 1 aromatic rings. The molecular weight excluding hydrogens is 236 g/mol. The Bertz CT molecular complexity index is 607. The Morgan fingerprint density at radius 1 is 1.53 bits per heavy atom. The maximum absolute atomic E-state index is 12.1. The number of amides is 1. The van der Waals surface area contributed by atoms with E-state index in [9.17, 15) is 4.79 Å². The zero-order valence-corrected chi connectivity index (χ0v) is 10.6. The van der Waals surface area contributed by atoms with E-state index in [-0.39, 0.29) is 12.4 Å². The molecule has 1 aromatic carbocycles. The molecule has 1 rings (SSSR count). The van der Waals surface area contributed by atoms with Crippen LogP contribution in [0.2, 0.25) is 0 Å². The normalized spacial score (nSPS) is 18.1. The van der Waals surface area contributed by atoms with E-state index in [1.165, 1.54) is 0 Å². The van der Waals surface area contributed by atoms with Gasteiger partial charge in [0.15, 0.2) is 0 Å². The summed E-state index contributed by atoms with van der Waals surface area (Å²) in [6.45, 7) is 1.33. The third-order valence-corrected chi connectivity index (χ3v) is 2.03. The van der Waals surface area contributed by atoms with E-state index in [0.29, 0.717) is 6.54 Å². The summed E-state index contributed by atoms with van der Waals surface area (Å²) >= 11 is 0. The van der Waals surface area contributed by atoms with E-state index >= 15 is 0 Å². The molecule has 0 heterocycles. The molecule has 0 aliphatic carbocycles. The Morgan fingerprint density at radius 2 is 2.24 bits per heavy atom. The highest BCUT2D eigenvalue weighted by Crippen LogP contribution is 2.13. The molecule has 1 atom stereocenters. The first-order valence-electron chi connectivity index (χ1n) is 8.67. The zero-order valence-electron chi connectivity index (χ0n) is 16.8. The number of nitrogens with one attached hydrogen (secondary N) is 2. The molecule has 1 unspecified atom stereocenters. The van der Waals surface area contributed by atoms with Crippen molar-refractivity contribution in [3.8, 4) is 0 Å². The predicted molar refractivity (Wildman–Crippen MR) is 74.8 cm³/mol. The quantitative estimate of drug-likeness (QED) is 0.858. The van der Waals surface area contributed by atoms with Crippen LogP contribution in [-0.2, 0) is 4.79 Å². The molecule has 0 aliphatic heterocycles. The van der Waals surface area contributed by atoms with Gasteiger partial charge in [0.2, 0.25) is 5.91 Å². The number of carbonyl (C=O) groups is 1. The van der Waals surface area contributed by atoms with Crippen molar-refractivity contribution >= 4 is 24.0 Å². The second-order valence-electron chi connectivity index (χ2n) is 3.42. The Hall–Kier alpha value is -1.06. The number of rotatable bonds is 5. The van der Waals surface area contributed by atoms with Crippen molar-refractivity contribution in [3.63, 3.8) is 0 Å². The standard InChI is InChI=1S/C13H20N2O.ClH/c1-4-9-14-11(3)13(16)15-12-8-6-5-7-10(12)2;/h5-8,11,14H,4,9H2,1-3H3,(H,15,16);1H/i2D3,5D,6D,7D,8D;. The minimum Gasteiger partial charge on any atom is -0.324 e. The molecule has 0 saturated heterocycles. The Labute approximate surface area is 119 Å². The summed E-state index contributed by atoms with van der Waals surface area (Å²) in [5.41, 5.74) is -0.981. The molecule has 0 fully saturated rings. The van der Waals surface area contributed by atoms with Crippen molar-refractivity contribution in [2.75, 3.05) is 11.9 Å². The third-order valence-electron chi connectivity index (χ3n) is 2.03. The van der Waals surface area contributed by atoms with Crippen molar-refractivity contribution in [2.45, 2.75) is 33.2 Å². The average Bonchev–Trinajstić information content (AvgIpc) is 2.46. The van der Waals surface area contributed by atoms with E-state index < -0.39 is 54.2 Å². The van der Waals surface area contributed by atoms with Crippen molar-refractivity contribution in [1.29, 1.82) is 0 Å². The minimum atomic E-state index is -2.78.